The van der Waals surface area contributed by atoms with E-state index in [-0.39, 0.29) is 5.78 Å². The number of benzene rings is 1. The first-order chi connectivity index (χ1) is 12.3. The summed E-state index contributed by atoms with van der Waals surface area (Å²) in [5, 5.41) is 3.14. The van der Waals surface area contributed by atoms with Gasteiger partial charge in [-0.05, 0) is 38.5 Å². The van der Waals surface area contributed by atoms with Crippen molar-refractivity contribution in [2.24, 2.45) is 0 Å². The average molecular weight is 360 g/mol. The molecule has 1 heterocycles. The van der Waals surface area contributed by atoms with Gasteiger partial charge in [0.25, 0.3) is 0 Å². The van der Waals surface area contributed by atoms with Crippen LogP contribution in [0.25, 0.3) is 0 Å². The van der Waals surface area contributed by atoms with Crippen LogP contribution >= 0.6 is 0 Å². The monoisotopic (exact) mass is 360 g/mol. The zero-order valence-electron chi connectivity index (χ0n) is 15.9. The van der Waals surface area contributed by atoms with E-state index in [9.17, 15) is 9.59 Å². The van der Waals surface area contributed by atoms with Crippen molar-refractivity contribution in [3.05, 3.63) is 40.7 Å². The number of aromatic amines is 1. The molecule has 7 heteroatoms. The minimum absolute atomic E-state index is 0.157. The second kappa shape index (κ2) is 7.95. The Hall–Kier alpha value is -2.96. The molecule has 0 aliphatic rings. The van der Waals surface area contributed by atoms with Crippen LogP contribution in [0.2, 0.25) is 0 Å². The Morgan fingerprint density at radius 2 is 1.73 bits per heavy atom. The maximum absolute atomic E-state index is 12.8. The van der Waals surface area contributed by atoms with Crippen molar-refractivity contribution >= 4 is 17.4 Å². The van der Waals surface area contributed by atoms with Crippen LogP contribution in [0, 0.1) is 13.8 Å². The second-order valence-corrected chi connectivity index (χ2v) is 5.92. The molecule has 0 spiro atoms. The number of H-pyrrole nitrogens is 1. The van der Waals surface area contributed by atoms with Crippen LogP contribution in [0.3, 0.4) is 0 Å². The number of esters is 1. The standard InChI is InChI=1S/C19H24N2O5/c1-10-16(19(23)26-6)11(2)21-17(10)18(22)12(3)20-13-7-8-14(24-4)15(9-13)25-5/h7-9,12,20-21H,1-6H3/t12-/m1/s1. The highest BCUT2D eigenvalue weighted by atomic mass is 16.5. The zero-order chi connectivity index (χ0) is 19.4. The fraction of sp³-hybridized carbons (Fsp3) is 0.368. The Balaban J connectivity index is 2.24. The maximum Gasteiger partial charge on any atom is 0.339 e. The molecular formula is C19H24N2O5. The molecule has 1 atom stereocenters. The van der Waals surface area contributed by atoms with E-state index >= 15 is 0 Å². The number of methoxy groups -OCH3 is 3. The van der Waals surface area contributed by atoms with Gasteiger partial charge in [0.05, 0.1) is 38.6 Å². The number of anilines is 1. The largest absolute Gasteiger partial charge is 0.493 e. The number of Topliss-reactive ketones (excluding diaryl/α,β-unsaturated/α-hetero) is 1. The number of hydrogen-bond acceptors (Lipinski definition) is 6. The molecule has 0 radical (unpaired) electrons. The zero-order valence-corrected chi connectivity index (χ0v) is 15.9. The maximum atomic E-state index is 12.8. The van der Waals surface area contributed by atoms with E-state index in [0.717, 1.165) is 5.69 Å². The molecule has 0 amide bonds. The number of nitrogens with one attached hydrogen (secondary N) is 2. The van der Waals surface area contributed by atoms with Crippen molar-refractivity contribution < 1.29 is 23.8 Å². The predicted molar refractivity (Wildman–Crippen MR) is 98.6 cm³/mol. The SMILES string of the molecule is COC(=O)c1c(C)[nH]c(C(=O)[C@@H](C)Nc2ccc(OC)c(OC)c2)c1C. The highest BCUT2D eigenvalue weighted by Gasteiger charge is 2.25. The summed E-state index contributed by atoms with van der Waals surface area (Å²) in [6.45, 7) is 5.22. The molecule has 26 heavy (non-hydrogen) atoms. The van der Waals surface area contributed by atoms with E-state index in [1.807, 2.05) is 0 Å². The molecule has 7 nitrogen and oxygen atoms in total. The number of carbonyl (C=O) groups is 2. The molecule has 0 saturated heterocycles. The number of aryl methyl sites for hydroxylation is 1. The van der Waals surface area contributed by atoms with Crippen molar-refractivity contribution in [2.45, 2.75) is 26.8 Å². The van der Waals surface area contributed by atoms with Gasteiger partial charge in [-0.15, -0.1) is 0 Å². The lowest BCUT2D eigenvalue weighted by Crippen LogP contribution is -2.27. The number of hydrogen-bond donors (Lipinski definition) is 2. The summed E-state index contributed by atoms with van der Waals surface area (Å²) < 4.78 is 15.3. The van der Waals surface area contributed by atoms with E-state index < -0.39 is 12.0 Å². The third-order valence-corrected chi connectivity index (χ3v) is 4.23. The lowest BCUT2D eigenvalue weighted by molar-refractivity contribution is 0.0599. The van der Waals surface area contributed by atoms with Crippen molar-refractivity contribution in [1.29, 1.82) is 0 Å². The number of rotatable bonds is 7. The Morgan fingerprint density at radius 3 is 2.31 bits per heavy atom. The summed E-state index contributed by atoms with van der Waals surface area (Å²) in [5.41, 5.74) is 2.70. The van der Waals surface area contributed by atoms with E-state index in [1.165, 1.54) is 7.11 Å². The Kier molecular flexibility index (Phi) is 5.92. The first-order valence-electron chi connectivity index (χ1n) is 8.14. The third-order valence-electron chi connectivity index (χ3n) is 4.23. The molecule has 140 valence electrons. The van der Waals surface area contributed by atoms with Crippen molar-refractivity contribution in [3.8, 4) is 11.5 Å². The van der Waals surface area contributed by atoms with Gasteiger partial charge >= 0.3 is 5.97 Å². The van der Waals surface area contributed by atoms with Crippen LogP contribution in [0.4, 0.5) is 5.69 Å². The number of ether oxygens (including phenoxy) is 3. The van der Waals surface area contributed by atoms with E-state index in [4.69, 9.17) is 14.2 Å². The van der Waals surface area contributed by atoms with Crippen LogP contribution in [-0.2, 0) is 4.74 Å². The van der Waals surface area contributed by atoms with Gasteiger partial charge in [0.2, 0.25) is 5.78 Å². The van der Waals surface area contributed by atoms with Gasteiger partial charge in [-0.2, -0.15) is 0 Å². The van der Waals surface area contributed by atoms with Crippen LogP contribution in [-0.4, -0.2) is 44.1 Å². The first kappa shape index (κ1) is 19.4. The van der Waals surface area contributed by atoms with Gasteiger partial charge in [-0.3, -0.25) is 4.79 Å². The summed E-state index contributed by atoms with van der Waals surface area (Å²) in [4.78, 5) is 27.7. The fourth-order valence-corrected chi connectivity index (χ4v) is 2.86. The number of ketones is 1. The molecule has 2 aromatic rings. The van der Waals surface area contributed by atoms with Crippen molar-refractivity contribution in [2.75, 3.05) is 26.6 Å². The van der Waals surface area contributed by atoms with Gasteiger partial charge in [0.15, 0.2) is 11.5 Å². The fourth-order valence-electron chi connectivity index (χ4n) is 2.86. The van der Waals surface area contributed by atoms with Crippen LogP contribution in [0.1, 0.15) is 39.0 Å². The highest BCUT2D eigenvalue weighted by Crippen LogP contribution is 2.30. The number of carbonyl (C=O) groups excluding carboxylic acids is 2. The Morgan fingerprint density at radius 1 is 1.08 bits per heavy atom. The summed E-state index contributed by atoms with van der Waals surface area (Å²) in [7, 11) is 4.43. The Labute approximate surface area is 152 Å². The smallest absolute Gasteiger partial charge is 0.339 e. The molecular weight excluding hydrogens is 336 g/mol. The molecule has 0 aliphatic heterocycles. The molecule has 0 aliphatic carbocycles. The van der Waals surface area contributed by atoms with E-state index in [0.29, 0.717) is 34.0 Å². The minimum Gasteiger partial charge on any atom is -0.493 e. The molecule has 0 unspecified atom stereocenters. The molecule has 0 saturated carbocycles. The molecule has 0 bridgehead atoms. The quantitative estimate of drug-likeness (QED) is 0.582. The van der Waals surface area contributed by atoms with Crippen molar-refractivity contribution in [3.63, 3.8) is 0 Å². The second-order valence-electron chi connectivity index (χ2n) is 5.92. The summed E-state index contributed by atoms with van der Waals surface area (Å²) >= 11 is 0. The third kappa shape index (κ3) is 3.66. The molecule has 0 fully saturated rings. The van der Waals surface area contributed by atoms with Crippen molar-refractivity contribution in [1.82, 2.24) is 4.98 Å². The van der Waals surface area contributed by atoms with Crippen LogP contribution in [0.15, 0.2) is 18.2 Å². The van der Waals surface area contributed by atoms with Gasteiger partial charge < -0.3 is 24.5 Å². The Bertz CT molecular complexity index is 826. The molecule has 2 rings (SSSR count). The summed E-state index contributed by atoms with van der Waals surface area (Å²) in [6, 6.07) is 4.81. The van der Waals surface area contributed by atoms with E-state index in [1.54, 1.807) is 53.2 Å². The summed E-state index contributed by atoms with van der Waals surface area (Å²) in [5.74, 6) is 0.555. The summed E-state index contributed by atoms with van der Waals surface area (Å²) in [6.07, 6.45) is 0. The van der Waals surface area contributed by atoms with Gasteiger partial charge in [0, 0.05) is 17.4 Å². The van der Waals surface area contributed by atoms with E-state index in [2.05, 4.69) is 10.3 Å². The topological polar surface area (TPSA) is 89.7 Å². The lowest BCUT2D eigenvalue weighted by atomic mass is 10.0. The molecule has 2 N–H and O–H groups in total. The van der Waals surface area contributed by atoms with Crippen LogP contribution in [0.5, 0.6) is 11.5 Å². The van der Waals surface area contributed by atoms with Gasteiger partial charge in [0.1, 0.15) is 0 Å². The first-order valence-corrected chi connectivity index (χ1v) is 8.14. The van der Waals surface area contributed by atoms with Gasteiger partial charge in [-0.25, -0.2) is 4.79 Å². The molecule has 1 aromatic heterocycles. The average Bonchev–Trinajstić information content (AvgIpc) is 2.94. The van der Waals surface area contributed by atoms with Crippen LogP contribution < -0.4 is 14.8 Å². The normalized spacial score (nSPS) is 11.6. The lowest BCUT2D eigenvalue weighted by Gasteiger charge is -2.16. The minimum atomic E-state index is -0.518. The predicted octanol–water partition coefficient (Wildman–Crippen LogP) is 3.12. The molecule has 1 aromatic carbocycles. The van der Waals surface area contributed by atoms with Gasteiger partial charge in [-0.1, -0.05) is 0 Å². The highest BCUT2D eigenvalue weighted by molar-refractivity contribution is 6.04. The number of aromatic nitrogens is 1.